The third kappa shape index (κ3) is 3.57. The fourth-order valence-electron chi connectivity index (χ4n) is 6.60. The average molecular weight is 599 g/mol. The van der Waals surface area contributed by atoms with Crippen LogP contribution in [0.1, 0.15) is 0 Å². The van der Waals surface area contributed by atoms with Gasteiger partial charge in [0.15, 0.2) is 5.58 Å². The zero-order valence-electron chi connectivity index (χ0n) is 23.3. The Morgan fingerprint density at radius 3 is 1.93 bits per heavy atom. The van der Waals surface area contributed by atoms with Gasteiger partial charge in [-0.25, -0.2) is 4.98 Å². The average Bonchev–Trinajstić information content (AvgIpc) is 3.74. The molecule has 44 heavy (non-hydrogen) atoms. The van der Waals surface area contributed by atoms with Crippen LogP contribution in [0, 0.1) is 0 Å². The molecule has 10 aromatic rings. The van der Waals surface area contributed by atoms with Crippen LogP contribution in [0.25, 0.3) is 73.2 Å². The molecule has 4 aromatic heterocycles. The monoisotopic (exact) mass is 598 g/mol. The van der Waals surface area contributed by atoms with Gasteiger partial charge < -0.3 is 9.32 Å². The molecule has 206 valence electrons. The summed E-state index contributed by atoms with van der Waals surface area (Å²) in [6.07, 6.45) is 1.98. The number of pyridine rings is 1. The minimum absolute atomic E-state index is 0.780. The number of furan rings is 1. The van der Waals surface area contributed by atoms with Gasteiger partial charge in [0.1, 0.15) is 11.1 Å². The second-order valence-corrected chi connectivity index (χ2v) is 13.4. The quantitative estimate of drug-likeness (QED) is 0.203. The summed E-state index contributed by atoms with van der Waals surface area (Å²) in [7, 11) is 0. The van der Waals surface area contributed by atoms with Gasteiger partial charge in [0, 0.05) is 63.2 Å². The Labute approximate surface area is 259 Å². The van der Waals surface area contributed by atoms with Gasteiger partial charge in [-0.05, 0) is 65.4 Å². The molecule has 0 spiro atoms. The molecule has 0 radical (unpaired) electrons. The Morgan fingerprint density at radius 1 is 0.455 bits per heavy atom. The summed E-state index contributed by atoms with van der Waals surface area (Å²) in [5.41, 5.74) is 5.65. The van der Waals surface area contributed by atoms with E-state index >= 15 is 0 Å². The van der Waals surface area contributed by atoms with Crippen LogP contribution in [0.15, 0.2) is 138 Å². The van der Waals surface area contributed by atoms with Crippen molar-refractivity contribution in [2.24, 2.45) is 0 Å². The number of hydrogen-bond acceptors (Lipinski definition) is 5. The highest BCUT2D eigenvalue weighted by Gasteiger charge is 2.19. The van der Waals surface area contributed by atoms with Crippen LogP contribution in [0.5, 0.6) is 0 Å². The molecular weight excluding hydrogens is 577 g/mol. The van der Waals surface area contributed by atoms with E-state index < -0.39 is 0 Å². The molecule has 3 nitrogen and oxygen atoms in total. The van der Waals surface area contributed by atoms with Crippen molar-refractivity contribution in [3.8, 4) is 0 Å². The maximum absolute atomic E-state index is 6.46. The molecule has 0 atom stereocenters. The van der Waals surface area contributed by atoms with E-state index in [0.29, 0.717) is 0 Å². The summed E-state index contributed by atoms with van der Waals surface area (Å²) in [5.74, 6) is 0. The zero-order valence-corrected chi connectivity index (χ0v) is 25.0. The molecule has 0 aliphatic heterocycles. The number of rotatable bonds is 3. The van der Waals surface area contributed by atoms with E-state index in [0.717, 1.165) is 44.5 Å². The minimum atomic E-state index is 0.780. The van der Waals surface area contributed by atoms with Gasteiger partial charge in [-0.1, -0.05) is 66.7 Å². The maximum atomic E-state index is 6.46. The van der Waals surface area contributed by atoms with Crippen molar-refractivity contribution in [2.45, 2.75) is 0 Å². The Bertz CT molecular complexity index is 2750. The van der Waals surface area contributed by atoms with Crippen molar-refractivity contribution in [1.29, 1.82) is 0 Å². The largest absolute Gasteiger partial charge is 0.454 e. The summed E-state index contributed by atoms with van der Waals surface area (Å²) in [6, 6.07) is 45.7. The SMILES string of the molecule is c1ccc2cc3c(cc2c1)oc1cc(N(c2ccc4c(c2)sc2ccccc24)c2ccc4sc5ccccc5c4c2)cnc13. The Hall–Kier alpha value is -5.23. The molecule has 10 rings (SSSR count). The van der Waals surface area contributed by atoms with Crippen molar-refractivity contribution in [3.05, 3.63) is 134 Å². The Morgan fingerprint density at radius 2 is 1.09 bits per heavy atom. The van der Waals surface area contributed by atoms with Gasteiger partial charge >= 0.3 is 0 Å². The van der Waals surface area contributed by atoms with Gasteiger partial charge in [0.2, 0.25) is 0 Å². The van der Waals surface area contributed by atoms with Crippen LogP contribution in [0.3, 0.4) is 0 Å². The summed E-state index contributed by atoms with van der Waals surface area (Å²) in [6.45, 7) is 0. The molecule has 0 saturated carbocycles. The van der Waals surface area contributed by atoms with Gasteiger partial charge in [0.25, 0.3) is 0 Å². The molecule has 0 saturated heterocycles. The van der Waals surface area contributed by atoms with E-state index in [-0.39, 0.29) is 0 Å². The summed E-state index contributed by atoms with van der Waals surface area (Å²) < 4.78 is 11.6. The second kappa shape index (κ2) is 9.13. The van der Waals surface area contributed by atoms with E-state index in [2.05, 4.69) is 132 Å². The van der Waals surface area contributed by atoms with E-state index in [4.69, 9.17) is 9.40 Å². The zero-order chi connectivity index (χ0) is 28.8. The van der Waals surface area contributed by atoms with Crippen molar-refractivity contribution >= 4 is 113 Å². The van der Waals surface area contributed by atoms with Crippen LogP contribution < -0.4 is 4.90 Å². The molecule has 0 N–H and O–H groups in total. The van der Waals surface area contributed by atoms with Crippen LogP contribution in [0.4, 0.5) is 17.1 Å². The number of benzene rings is 6. The van der Waals surface area contributed by atoms with Crippen molar-refractivity contribution in [3.63, 3.8) is 0 Å². The third-order valence-electron chi connectivity index (χ3n) is 8.66. The van der Waals surface area contributed by atoms with Crippen molar-refractivity contribution in [1.82, 2.24) is 4.98 Å². The molecule has 0 unspecified atom stereocenters. The molecule has 0 amide bonds. The lowest BCUT2D eigenvalue weighted by Gasteiger charge is -2.25. The summed E-state index contributed by atoms with van der Waals surface area (Å²) in [5, 5.41) is 8.51. The standard InChI is InChI=1S/C39H22N2OS2/c1-2-8-24-18-33-32(17-23(24)7-1)39-34(42-33)20-27(22-40-39)41(25-14-16-37-31(19-25)29-10-4-6-12-36(29)43-37)26-13-15-30-28-9-3-5-11-35(28)44-38(30)21-26/h1-22H. The number of fused-ring (bicyclic) bond motifs is 10. The molecule has 4 heterocycles. The number of aromatic nitrogens is 1. The lowest BCUT2D eigenvalue weighted by molar-refractivity contribution is 0.668. The predicted octanol–water partition coefficient (Wildman–Crippen LogP) is 12.3. The topological polar surface area (TPSA) is 29.3 Å². The fourth-order valence-corrected chi connectivity index (χ4v) is 8.82. The summed E-state index contributed by atoms with van der Waals surface area (Å²) >= 11 is 3.68. The highest BCUT2D eigenvalue weighted by molar-refractivity contribution is 7.26. The van der Waals surface area contributed by atoms with Gasteiger partial charge in [-0.2, -0.15) is 0 Å². The van der Waals surface area contributed by atoms with Crippen LogP contribution in [0.2, 0.25) is 0 Å². The third-order valence-corrected chi connectivity index (χ3v) is 10.9. The molecule has 0 aliphatic carbocycles. The van der Waals surface area contributed by atoms with Crippen LogP contribution in [-0.4, -0.2) is 4.98 Å². The van der Waals surface area contributed by atoms with E-state index in [1.165, 1.54) is 45.7 Å². The van der Waals surface area contributed by atoms with E-state index in [1.54, 1.807) is 0 Å². The molecule has 6 aromatic carbocycles. The van der Waals surface area contributed by atoms with Crippen LogP contribution in [-0.2, 0) is 0 Å². The Kier molecular flexibility index (Phi) is 5.03. The highest BCUT2D eigenvalue weighted by Crippen LogP contribution is 2.44. The van der Waals surface area contributed by atoms with E-state index in [9.17, 15) is 0 Å². The minimum Gasteiger partial charge on any atom is -0.454 e. The number of anilines is 3. The van der Waals surface area contributed by atoms with Gasteiger partial charge in [-0.15, -0.1) is 22.7 Å². The predicted molar refractivity (Wildman–Crippen MR) is 189 cm³/mol. The highest BCUT2D eigenvalue weighted by atomic mass is 32.1. The number of thiophene rings is 2. The lowest BCUT2D eigenvalue weighted by Crippen LogP contribution is -2.10. The van der Waals surface area contributed by atoms with Gasteiger partial charge in [-0.3, -0.25) is 0 Å². The Balaban J connectivity index is 1.21. The smallest absolute Gasteiger partial charge is 0.155 e. The molecule has 0 bridgehead atoms. The molecule has 0 aliphatic rings. The number of nitrogens with zero attached hydrogens (tertiary/aromatic N) is 2. The first-order chi connectivity index (χ1) is 21.8. The van der Waals surface area contributed by atoms with Crippen LogP contribution >= 0.6 is 22.7 Å². The van der Waals surface area contributed by atoms with Gasteiger partial charge in [0.05, 0.1) is 11.9 Å². The molecule has 0 fully saturated rings. The molecule has 5 heteroatoms. The number of hydrogen-bond donors (Lipinski definition) is 0. The first kappa shape index (κ1) is 24.2. The first-order valence-corrected chi connectivity index (χ1v) is 16.2. The maximum Gasteiger partial charge on any atom is 0.155 e. The lowest BCUT2D eigenvalue weighted by atomic mass is 10.1. The van der Waals surface area contributed by atoms with Crippen molar-refractivity contribution in [2.75, 3.05) is 4.90 Å². The molecular formula is C39H22N2OS2. The second-order valence-electron chi connectivity index (χ2n) is 11.2. The normalized spacial score (nSPS) is 12.1. The first-order valence-electron chi connectivity index (χ1n) is 14.6. The fraction of sp³-hybridized carbons (Fsp3) is 0. The van der Waals surface area contributed by atoms with E-state index in [1.807, 2.05) is 28.9 Å². The summed E-state index contributed by atoms with van der Waals surface area (Å²) in [4.78, 5) is 7.33. The van der Waals surface area contributed by atoms with Crippen molar-refractivity contribution < 1.29 is 4.42 Å².